The number of methoxy groups -OCH3 is 2. The molecule has 0 radical (unpaired) electrons. The highest BCUT2D eigenvalue weighted by atomic mass is 32.2. The maximum atomic E-state index is 12.2. The second-order valence-electron chi connectivity index (χ2n) is 5.34. The molecule has 0 atom stereocenters. The average molecular weight is 387 g/mol. The summed E-state index contributed by atoms with van der Waals surface area (Å²) >= 11 is 1.04. The summed E-state index contributed by atoms with van der Waals surface area (Å²) in [4.78, 5) is 12.2. The predicted octanol–water partition coefficient (Wildman–Crippen LogP) is 1.77. The van der Waals surface area contributed by atoms with Gasteiger partial charge in [-0.05, 0) is 40.7 Å². The van der Waals surface area contributed by atoms with E-state index in [0.717, 1.165) is 11.8 Å². The number of benzene rings is 2. The van der Waals surface area contributed by atoms with Crippen molar-refractivity contribution in [2.24, 2.45) is 0 Å². The number of amides is 1. The summed E-state index contributed by atoms with van der Waals surface area (Å²) in [6.45, 7) is 0. The Bertz CT molecular complexity index is 927. The molecule has 0 fully saturated rings. The Kier molecular flexibility index (Phi) is 5.82. The zero-order valence-electron chi connectivity index (χ0n) is 14.7. The summed E-state index contributed by atoms with van der Waals surface area (Å²) in [5.41, 5.74) is 1.23. The van der Waals surface area contributed by atoms with Crippen molar-refractivity contribution in [3.8, 4) is 23.1 Å². The van der Waals surface area contributed by atoms with Crippen LogP contribution < -0.4 is 24.6 Å². The molecule has 3 rings (SSSR count). The highest BCUT2D eigenvalue weighted by Gasteiger charge is 2.22. The minimum Gasteiger partial charge on any atom is -0.538 e. The van der Waals surface area contributed by atoms with Crippen LogP contribution in [-0.4, -0.2) is 31.2 Å². The van der Waals surface area contributed by atoms with Crippen molar-refractivity contribution in [1.82, 2.24) is 5.27 Å². The third-order valence-corrected chi connectivity index (χ3v) is 4.60. The standard InChI is InChI=1S/C18H17N3O5S/c1-24-14-8-6-13(7-9-14)21-17(18(23)26-20-21)27-11-16(22)19-12-4-3-5-15(10-12)25-2/h3-10H,11H2,1-2H3,(H-,19,20,22,23). The molecule has 0 bridgehead atoms. The van der Waals surface area contributed by atoms with Crippen LogP contribution in [0.1, 0.15) is 0 Å². The molecule has 27 heavy (non-hydrogen) atoms. The van der Waals surface area contributed by atoms with E-state index in [4.69, 9.17) is 14.0 Å². The maximum absolute atomic E-state index is 12.2. The second kappa shape index (κ2) is 8.45. The lowest BCUT2D eigenvalue weighted by molar-refractivity contribution is -0.705. The van der Waals surface area contributed by atoms with Gasteiger partial charge < -0.3 is 24.4 Å². The van der Waals surface area contributed by atoms with E-state index in [2.05, 4.69) is 10.6 Å². The molecule has 0 aliphatic heterocycles. The number of ether oxygens (including phenoxy) is 2. The molecule has 140 valence electrons. The number of hydrogen-bond acceptors (Lipinski definition) is 7. The van der Waals surface area contributed by atoms with E-state index in [-0.39, 0.29) is 16.7 Å². The molecule has 1 aromatic heterocycles. The van der Waals surface area contributed by atoms with Crippen LogP contribution >= 0.6 is 11.8 Å². The number of nitrogens with one attached hydrogen (secondary N) is 1. The van der Waals surface area contributed by atoms with Gasteiger partial charge in [-0.2, -0.15) is 0 Å². The van der Waals surface area contributed by atoms with Crippen molar-refractivity contribution in [2.75, 3.05) is 25.3 Å². The van der Waals surface area contributed by atoms with Crippen LogP contribution in [0.15, 0.2) is 58.1 Å². The topological polar surface area (TPSA) is 101 Å². The van der Waals surface area contributed by atoms with Gasteiger partial charge in [0.2, 0.25) is 11.6 Å². The van der Waals surface area contributed by atoms with Crippen molar-refractivity contribution in [3.05, 3.63) is 48.5 Å². The molecule has 8 nitrogen and oxygen atoms in total. The van der Waals surface area contributed by atoms with Gasteiger partial charge in [0, 0.05) is 23.9 Å². The van der Waals surface area contributed by atoms with Crippen molar-refractivity contribution in [2.45, 2.75) is 5.03 Å². The first-order valence-corrected chi connectivity index (χ1v) is 8.89. The average Bonchev–Trinajstić information content (AvgIpc) is 3.07. The van der Waals surface area contributed by atoms with E-state index >= 15 is 0 Å². The van der Waals surface area contributed by atoms with E-state index in [1.165, 1.54) is 4.68 Å². The summed E-state index contributed by atoms with van der Waals surface area (Å²) in [6, 6.07) is 14.0. The second-order valence-corrected chi connectivity index (χ2v) is 6.31. The fourth-order valence-electron chi connectivity index (χ4n) is 2.28. The van der Waals surface area contributed by atoms with E-state index in [1.54, 1.807) is 62.8 Å². The lowest BCUT2D eigenvalue weighted by Crippen LogP contribution is -2.35. The number of rotatable bonds is 7. The number of carbonyl (C=O) groups is 1. The van der Waals surface area contributed by atoms with Crippen LogP contribution in [0.5, 0.6) is 17.4 Å². The van der Waals surface area contributed by atoms with Gasteiger partial charge in [0.05, 0.1) is 25.2 Å². The Morgan fingerprint density at radius 1 is 1.19 bits per heavy atom. The predicted molar refractivity (Wildman–Crippen MR) is 96.4 cm³/mol. The first-order chi connectivity index (χ1) is 13.1. The first-order valence-electron chi connectivity index (χ1n) is 7.91. The quantitative estimate of drug-likeness (QED) is 0.487. The van der Waals surface area contributed by atoms with Crippen LogP contribution in [0.25, 0.3) is 5.69 Å². The molecule has 2 aromatic carbocycles. The zero-order valence-corrected chi connectivity index (χ0v) is 15.5. The summed E-state index contributed by atoms with van der Waals surface area (Å²) in [6.07, 6.45) is 0. The highest BCUT2D eigenvalue weighted by molar-refractivity contribution is 7.99. The van der Waals surface area contributed by atoms with Crippen LogP contribution in [0.4, 0.5) is 5.69 Å². The first kappa shape index (κ1) is 18.6. The summed E-state index contributed by atoms with van der Waals surface area (Å²) in [5, 5.41) is 18.7. The Labute approximate surface area is 159 Å². The highest BCUT2D eigenvalue weighted by Crippen LogP contribution is 2.24. The third-order valence-electron chi connectivity index (χ3n) is 3.58. The SMILES string of the molecule is COc1ccc(-[n+]2noc([O-])c2SCC(=O)Nc2cccc(OC)c2)cc1. The number of anilines is 1. The van der Waals surface area contributed by atoms with E-state index in [1.807, 2.05) is 0 Å². The van der Waals surface area contributed by atoms with Gasteiger partial charge in [-0.25, -0.2) is 0 Å². The zero-order chi connectivity index (χ0) is 19.2. The molecule has 0 unspecified atom stereocenters. The normalized spacial score (nSPS) is 10.4. The molecule has 0 saturated carbocycles. The molecule has 1 amide bonds. The van der Waals surface area contributed by atoms with E-state index in [0.29, 0.717) is 22.9 Å². The molecule has 0 saturated heterocycles. The lowest BCUT2D eigenvalue weighted by atomic mass is 10.3. The molecular formula is C18H17N3O5S. The summed E-state index contributed by atoms with van der Waals surface area (Å²) in [7, 11) is 3.12. The fraction of sp³-hybridized carbons (Fsp3) is 0.167. The maximum Gasteiger partial charge on any atom is 0.298 e. The smallest absolute Gasteiger partial charge is 0.298 e. The number of aromatic nitrogens is 2. The Hall–Kier alpha value is -3.20. The third kappa shape index (κ3) is 4.50. The number of thioether (sulfide) groups is 1. The van der Waals surface area contributed by atoms with Crippen molar-refractivity contribution >= 4 is 23.4 Å². The molecule has 0 aliphatic carbocycles. The van der Waals surface area contributed by atoms with Gasteiger partial charge in [-0.15, -0.1) is 0 Å². The minimum atomic E-state index is -0.606. The number of hydrogen-bond donors (Lipinski definition) is 1. The van der Waals surface area contributed by atoms with Gasteiger partial charge in [0.25, 0.3) is 5.03 Å². The summed E-state index contributed by atoms with van der Waals surface area (Å²) in [5.74, 6) is 0.458. The molecule has 0 spiro atoms. The summed E-state index contributed by atoms with van der Waals surface area (Å²) < 4.78 is 16.3. The number of carbonyl (C=O) groups excluding carboxylic acids is 1. The van der Waals surface area contributed by atoms with Gasteiger partial charge in [0.15, 0.2) is 5.95 Å². The van der Waals surface area contributed by atoms with Crippen molar-refractivity contribution in [3.63, 3.8) is 0 Å². The van der Waals surface area contributed by atoms with E-state index < -0.39 is 5.95 Å². The van der Waals surface area contributed by atoms with Gasteiger partial charge in [-0.3, -0.25) is 4.79 Å². The minimum absolute atomic E-state index is 0.0177. The fourth-order valence-corrected chi connectivity index (χ4v) is 3.04. The number of nitrogens with zero attached hydrogens (tertiary/aromatic N) is 2. The van der Waals surface area contributed by atoms with Crippen LogP contribution in [-0.2, 0) is 4.79 Å². The molecule has 0 aliphatic rings. The van der Waals surface area contributed by atoms with E-state index in [9.17, 15) is 9.90 Å². The molecular weight excluding hydrogens is 370 g/mol. The Balaban J connectivity index is 1.68. The Morgan fingerprint density at radius 3 is 2.63 bits per heavy atom. The lowest BCUT2D eigenvalue weighted by Gasteiger charge is -2.06. The molecule has 1 heterocycles. The monoisotopic (exact) mass is 387 g/mol. The van der Waals surface area contributed by atoms with Gasteiger partial charge in [0.1, 0.15) is 11.5 Å². The van der Waals surface area contributed by atoms with Gasteiger partial charge >= 0.3 is 0 Å². The van der Waals surface area contributed by atoms with Crippen molar-refractivity contribution in [1.29, 1.82) is 0 Å². The van der Waals surface area contributed by atoms with Gasteiger partial charge in [-0.1, -0.05) is 6.07 Å². The molecule has 3 aromatic rings. The van der Waals surface area contributed by atoms with Crippen molar-refractivity contribution < 1.29 is 28.6 Å². The Morgan fingerprint density at radius 2 is 1.93 bits per heavy atom. The van der Waals surface area contributed by atoms with Crippen LogP contribution in [0.3, 0.4) is 0 Å². The molecule has 9 heteroatoms. The van der Waals surface area contributed by atoms with Crippen LogP contribution in [0, 0.1) is 0 Å². The largest absolute Gasteiger partial charge is 0.538 e. The van der Waals surface area contributed by atoms with Crippen LogP contribution in [0.2, 0.25) is 0 Å². The molecule has 1 N–H and O–H groups in total.